The van der Waals surface area contributed by atoms with Crippen molar-refractivity contribution in [2.45, 2.75) is 32.2 Å². The van der Waals surface area contributed by atoms with E-state index in [9.17, 15) is 9.59 Å². The summed E-state index contributed by atoms with van der Waals surface area (Å²) in [4.78, 5) is 28.1. The number of benzene rings is 3. The third kappa shape index (κ3) is 5.38. The topological polar surface area (TPSA) is 73.5 Å². The van der Waals surface area contributed by atoms with Gasteiger partial charge in [-0.25, -0.2) is 0 Å². The molecular formula is C29H32N4O2. The summed E-state index contributed by atoms with van der Waals surface area (Å²) in [7, 11) is 0. The van der Waals surface area contributed by atoms with Crippen LogP contribution in [-0.4, -0.2) is 42.9 Å². The van der Waals surface area contributed by atoms with Crippen molar-refractivity contribution < 1.29 is 9.59 Å². The van der Waals surface area contributed by atoms with Gasteiger partial charge in [0.1, 0.15) is 0 Å². The molecule has 1 saturated heterocycles. The molecule has 2 heterocycles. The van der Waals surface area contributed by atoms with Gasteiger partial charge in [-0.1, -0.05) is 42.8 Å². The first-order valence-corrected chi connectivity index (χ1v) is 12.6. The number of piperidine rings is 1. The van der Waals surface area contributed by atoms with E-state index in [-0.39, 0.29) is 11.8 Å². The van der Waals surface area contributed by atoms with Crippen LogP contribution in [0.25, 0.3) is 11.1 Å². The minimum Gasteiger partial charge on any atom is -0.385 e. The number of amides is 2. The molecule has 0 aliphatic carbocycles. The third-order valence-electron chi connectivity index (χ3n) is 6.87. The minimum absolute atomic E-state index is 0.155. The Morgan fingerprint density at radius 3 is 2.46 bits per heavy atom. The van der Waals surface area contributed by atoms with E-state index in [1.165, 1.54) is 32.4 Å². The van der Waals surface area contributed by atoms with Crippen molar-refractivity contribution in [2.75, 3.05) is 36.8 Å². The van der Waals surface area contributed by atoms with Crippen molar-refractivity contribution in [2.24, 2.45) is 0 Å². The molecular weight excluding hydrogens is 436 g/mol. The second-order valence-electron chi connectivity index (χ2n) is 9.28. The predicted octanol–water partition coefficient (Wildman–Crippen LogP) is 5.14. The third-order valence-corrected chi connectivity index (χ3v) is 6.87. The van der Waals surface area contributed by atoms with Gasteiger partial charge in [0.2, 0.25) is 0 Å². The summed E-state index contributed by atoms with van der Waals surface area (Å²) in [6.07, 6.45) is 5.11. The van der Waals surface area contributed by atoms with E-state index in [1.807, 2.05) is 66.7 Å². The van der Waals surface area contributed by atoms with Crippen LogP contribution in [0, 0.1) is 0 Å². The molecule has 5 rings (SSSR count). The molecule has 6 heteroatoms. The summed E-state index contributed by atoms with van der Waals surface area (Å²) in [5, 5.41) is 9.30. The van der Waals surface area contributed by atoms with Crippen molar-refractivity contribution in [3.63, 3.8) is 0 Å². The highest BCUT2D eigenvalue weighted by Crippen LogP contribution is 2.34. The zero-order valence-electron chi connectivity index (χ0n) is 20.0. The van der Waals surface area contributed by atoms with Crippen LogP contribution < -0.4 is 16.0 Å². The van der Waals surface area contributed by atoms with Crippen LogP contribution in [0.1, 0.15) is 52.0 Å². The van der Waals surface area contributed by atoms with E-state index in [0.717, 1.165) is 41.9 Å². The smallest absolute Gasteiger partial charge is 0.255 e. The molecule has 3 aromatic carbocycles. The van der Waals surface area contributed by atoms with Gasteiger partial charge >= 0.3 is 0 Å². The molecule has 180 valence electrons. The van der Waals surface area contributed by atoms with Gasteiger partial charge in [-0.2, -0.15) is 0 Å². The molecule has 1 fully saturated rings. The average Bonchev–Trinajstić information content (AvgIpc) is 3.30. The number of rotatable bonds is 8. The predicted molar refractivity (Wildman–Crippen MR) is 141 cm³/mol. The summed E-state index contributed by atoms with van der Waals surface area (Å²) in [6.45, 7) is 4.96. The molecule has 0 atom stereocenters. The first-order valence-electron chi connectivity index (χ1n) is 12.6. The SMILES string of the molecule is O=C(Nc1ccc(-c2ccccc2)c2c1C(=O)NC2)c1ccc(NCCCN2CCCCC2)cc1. The number of fused-ring (bicyclic) bond motifs is 1. The highest BCUT2D eigenvalue weighted by atomic mass is 16.2. The molecule has 0 spiro atoms. The van der Waals surface area contributed by atoms with Gasteiger partial charge in [-0.3, -0.25) is 9.59 Å². The summed E-state index contributed by atoms with van der Waals surface area (Å²) in [5.41, 5.74) is 5.63. The molecule has 2 aliphatic rings. The number of carbonyl (C=O) groups excluding carboxylic acids is 2. The van der Waals surface area contributed by atoms with Crippen molar-refractivity contribution in [1.29, 1.82) is 0 Å². The van der Waals surface area contributed by atoms with Crippen molar-refractivity contribution in [1.82, 2.24) is 10.2 Å². The Bertz CT molecular complexity index is 1190. The highest BCUT2D eigenvalue weighted by Gasteiger charge is 2.26. The summed E-state index contributed by atoms with van der Waals surface area (Å²) >= 11 is 0. The fourth-order valence-corrected chi connectivity index (χ4v) is 4.99. The van der Waals surface area contributed by atoms with E-state index in [4.69, 9.17) is 0 Å². The van der Waals surface area contributed by atoms with Crippen LogP contribution >= 0.6 is 0 Å². The maximum Gasteiger partial charge on any atom is 0.255 e. The number of likely N-dealkylation sites (tertiary alicyclic amines) is 1. The lowest BCUT2D eigenvalue weighted by Gasteiger charge is -2.26. The lowest BCUT2D eigenvalue weighted by Crippen LogP contribution is -2.31. The molecule has 0 saturated carbocycles. The van der Waals surface area contributed by atoms with E-state index >= 15 is 0 Å². The number of anilines is 2. The van der Waals surface area contributed by atoms with Gasteiger partial charge in [-0.15, -0.1) is 0 Å². The van der Waals surface area contributed by atoms with E-state index in [2.05, 4.69) is 20.9 Å². The van der Waals surface area contributed by atoms with Crippen LogP contribution in [0.3, 0.4) is 0 Å². The summed E-state index contributed by atoms with van der Waals surface area (Å²) in [6, 6.07) is 21.3. The number of carbonyl (C=O) groups is 2. The lowest BCUT2D eigenvalue weighted by atomic mass is 9.95. The lowest BCUT2D eigenvalue weighted by molar-refractivity contribution is 0.0966. The molecule has 3 aromatic rings. The van der Waals surface area contributed by atoms with E-state index in [0.29, 0.717) is 23.4 Å². The first-order chi connectivity index (χ1) is 17.2. The molecule has 3 N–H and O–H groups in total. The Morgan fingerprint density at radius 2 is 1.69 bits per heavy atom. The monoisotopic (exact) mass is 468 g/mol. The summed E-state index contributed by atoms with van der Waals surface area (Å²) < 4.78 is 0. The number of nitrogens with zero attached hydrogens (tertiary/aromatic N) is 1. The van der Waals surface area contributed by atoms with Crippen LogP contribution in [0.5, 0.6) is 0 Å². The highest BCUT2D eigenvalue weighted by molar-refractivity contribution is 6.11. The van der Waals surface area contributed by atoms with Gasteiger partial charge < -0.3 is 20.9 Å². The fraction of sp³-hybridized carbons (Fsp3) is 0.310. The quantitative estimate of drug-likeness (QED) is 0.401. The Balaban J connectivity index is 1.21. The Labute approximate surface area is 206 Å². The van der Waals surface area contributed by atoms with E-state index in [1.54, 1.807) is 0 Å². The molecule has 6 nitrogen and oxygen atoms in total. The second-order valence-corrected chi connectivity index (χ2v) is 9.28. The fourth-order valence-electron chi connectivity index (χ4n) is 4.99. The number of hydrogen-bond donors (Lipinski definition) is 3. The molecule has 35 heavy (non-hydrogen) atoms. The molecule has 2 aliphatic heterocycles. The Hall–Kier alpha value is -3.64. The molecule has 0 aromatic heterocycles. The maximum atomic E-state index is 13.0. The second kappa shape index (κ2) is 10.7. The molecule has 2 amide bonds. The number of hydrogen-bond acceptors (Lipinski definition) is 4. The van der Waals surface area contributed by atoms with Gasteiger partial charge in [0.05, 0.1) is 11.3 Å². The van der Waals surface area contributed by atoms with E-state index < -0.39 is 0 Å². The van der Waals surface area contributed by atoms with Gasteiger partial charge in [0, 0.05) is 24.3 Å². The van der Waals surface area contributed by atoms with Crippen molar-refractivity contribution >= 4 is 23.2 Å². The summed E-state index contributed by atoms with van der Waals surface area (Å²) in [5.74, 6) is -0.381. The maximum absolute atomic E-state index is 13.0. The molecule has 0 bridgehead atoms. The Kier molecular flexibility index (Phi) is 7.09. The molecule has 0 radical (unpaired) electrons. The Morgan fingerprint density at radius 1 is 0.914 bits per heavy atom. The van der Waals surface area contributed by atoms with Gasteiger partial charge in [-0.05, 0) is 85.9 Å². The first kappa shape index (κ1) is 23.1. The zero-order valence-corrected chi connectivity index (χ0v) is 20.0. The van der Waals surface area contributed by atoms with Crippen LogP contribution in [0.15, 0.2) is 66.7 Å². The minimum atomic E-state index is -0.226. The average molecular weight is 469 g/mol. The van der Waals surface area contributed by atoms with Gasteiger partial charge in [0.25, 0.3) is 11.8 Å². The van der Waals surface area contributed by atoms with Gasteiger partial charge in [0.15, 0.2) is 0 Å². The van der Waals surface area contributed by atoms with Crippen LogP contribution in [0.2, 0.25) is 0 Å². The van der Waals surface area contributed by atoms with Crippen LogP contribution in [-0.2, 0) is 6.54 Å². The zero-order chi connectivity index (χ0) is 24.0. The standard InChI is InChI=1S/C29H32N4O2/c34-28(22-10-12-23(13-11-22)30-16-7-19-33-17-5-2-6-18-33)32-26-15-14-24(21-8-3-1-4-9-21)25-20-31-29(35)27(25)26/h1,3-4,8-15,30H,2,5-7,16-20H2,(H,31,35)(H,32,34). The van der Waals surface area contributed by atoms with Crippen LogP contribution in [0.4, 0.5) is 11.4 Å². The van der Waals surface area contributed by atoms with Crippen molar-refractivity contribution in [3.8, 4) is 11.1 Å². The molecule has 0 unspecified atom stereocenters. The van der Waals surface area contributed by atoms with Crippen molar-refractivity contribution in [3.05, 3.63) is 83.4 Å². The normalized spacial score (nSPS) is 15.4. The number of nitrogens with one attached hydrogen (secondary N) is 3. The largest absolute Gasteiger partial charge is 0.385 e.